The largest absolute Gasteiger partial charge is 0.460 e. The average molecular weight is 410 g/mol. The Hall–Kier alpha value is -1.70. The molecule has 1 aliphatic rings. The molecule has 1 fully saturated rings. The van der Waals surface area contributed by atoms with Crippen LogP contribution in [0.15, 0.2) is 29.2 Å². The van der Waals surface area contributed by atoms with Crippen LogP contribution in [0.5, 0.6) is 6.01 Å². The maximum Gasteiger partial charge on any atom is 0.317 e. The van der Waals surface area contributed by atoms with Crippen LogP contribution in [0, 0.1) is 20.8 Å². The van der Waals surface area contributed by atoms with Crippen molar-refractivity contribution in [3.63, 3.8) is 0 Å². The van der Waals surface area contributed by atoms with Crippen LogP contribution in [0.3, 0.4) is 0 Å². The molecule has 0 bridgehead atoms. The van der Waals surface area contributed by atoms with Crippen LogP contribution in [0.4, 0.5) is 0 Å². The summed E-state index contributed by atoms with van der Waals surface area (Å²) in [5.74, 6) is 0. The number of aryl methyl sites for hydroxylation is 3. The van der Waals surface area contributed by atoms with Crippen LogP contribution in [-0.2, 0) is 10.0 Å². The van der Waals surface area contributed by atoms with Gasteiger partial charge < -0.3 is 4.74 Å². The van der Waals surface area contributed by atoms with Crippen molar-refractivity contribution in [3.8, 4) is 6.01 Å². The first kappa shape index (κ1) is 20.0. The lowest BCUT2D eigenvalue weighted by molar-refractivity contribution is 0.131. The number of rotatable bonds is 5. The number of nitrogens with one attached hydrogen (secondary N) is 1. The second-order valence-electron chi connectivity index (χ2n) is 7.06. The third kappa shape index (κ3) is 5.18. The molecule has 1 heterocycles. The molecular weight excluding hydrogens is 386 g/mol. The summed E-state index contributed by atoms with van der Waals surface area (Å²) in [5, 5.41) is 0.409. The van der Waals surface area contributed by atoms with Gasteiger partial charge in [-0.2, -0.15) is 0 Å². The SMILES string of the molecule is Cc1cc(C)nc(OC2CCC(NS(=O)(=O)c3cc(Cl)ccc3C)CC2)n1. The van der Waals surface area contributed by atoms with Gasteiger partial charge in [0.1, 0.15) is 6.10 Å². The monoisotopic (exact) mass is 409 g/mol. The van der Waals surface area contributed by atoms with E-state index >= 15 is 0 Å². The van der Waals surface area contributed by atoms with Gasteiger partial charge in [0.2, 0.25) is 10.0 Å². The van der Waals surface area contributed by atoms with Crippen LogP contribution < -0.4 is 9.46 Å². The summed E-state index contributed by atoms with van der Waals surface area (Å²) in [6.07, 6.45) is 2.90. The van der Waals surface area contributed by atoms with Gasteiger partial charge >= 0.3 is 6.01 Å². The second kappa shape index (κ2) is 8.12. The number of halogens is 1. The fourth-order valence-electron chi connectivity index (χ4n) is 3.34. The van der Waals surface area contributed by atoms with Gasteiger partial charge in [-0.05, 0) is 70.2 Å². The summed E-state index contributed by atoms with van der Waals surface area (Å²) < 4.78 is 34.1. The summed E-state index contributed by atoms with van der Waals surface area (Å²) in [6, 6.07) is 7.07. The summed E-state index contributed by atoms with van der Waals surface area (Å²) in [5.41, 5.74) is 2.42. The minimum atomic E-state index is -3.60. The first-order valence-corrected chi connectivity index (χ1v) is 10.9. The average Bonchev–Trinajstić information content (AvgIpc) is 2.57. The molecule has 0 spiro atoms. The molecular formula is C19H24ClN3O3S. The van der Waals surface area contributed by atoms with Gasteiger partial charge in [-0.1, -0.05) is 17.7 Å². The third-order valence-corrected chi connectivity index (χ3v) is 6.57. The Morgan fingerprint density at radius 2 is 1.67 bits per heavy atom. The van der Waals surface area contributed by atoms with Gasteiger partial charge in [0.15, 0.2) is 0 Å². The molecule has 0 radical (unpaired) electrons. The molecule has 0 amide bonds. The van der Waals surface area contributed by atoms with Crippen LogP contribution >= 0.6 is 11.6 Å². The highest BCUT2D eigenvalue weighted by atomic mass is 35.5. The highest BCUT2D eigenvalue weighted by molar-refractivity contribution is 7.89. The number of nitrogens with zero attached hydrogens (tertiary/aromatic N) is 2. The molecule has 0 saturated heterocycles. The Morgan fingerprint density at radius 1 is 1.04 bits per heavy atom. The van der Waals surface area contributed by atoms with Gasteiger partial charge in [-0.3, -0.25) is 0 Å². The van der Waals surface area contributed by atoms with Gasteiger partial charge in [0.25, 0.3) is 0 Å². The zero-order chi connectivity index (χ0) is 19.6. The summed E-state index contributed by atoms with van der Waals surface area (Å²) >= 11 is 5.96. The fraction of sp³-hybridized carbons (Fsp3) is 0.474. The lowest BCUT2D eigenvalue weighted by Gasteiger charge is -2.29. The van der Waals surface area contributed by atoms with E-state index in [2.05, 4.69) is 14.7 Å². The smallest absolute Gasteiger partial charge is 0.317 e. The van der Waals surface area contributed by atoms with Crippen LogP contribution in [0.2, 0.25) is 5.02 Å². The highest BCUT2D eigenvalue weighted by Crippen LogP contribution is 2.25. The molecule has 0 atom stereocenters. The normalized spacial score (nSPS) is 20.4. The molecule has 27 heavy (non-hydrogen) atoms. The van der Waals surface area contributed by atoms with E-state index in [1.165, 1.54) is 6.07 Å². The minimum Gasteiger partial charge on any atom is -0.460 e. The van der Waals surface area contributed by atoms with Crippen molar-refractivity contribution in [1.29, 1.82) is 0 Å². The number of hydrogen-bond donors (Lipinski definition) is 1. The van der Waals surface area contributed by atoms with Gasteiger partial charge in [-0.25, -0.2) is 23.1 Å². The summed E-state index contributed by atoms with van der Waals surface area (Å²) in [6.45, 7) is 5.58. The molecule has 8 heteroatoms. The van der Waals surface area contributed by atoms with E-state index in [1.54, 1.807) is 19.1 Å². The first-order chi connectivity index (χ1) is 12.7. The van der Waals surface area contributed by atoms with Crippen molar-refractivity contribution in [1.82, 2.24) is 14.7 Å². The maximum absolute atomic E-state index is 12.7. The Balaban J connectivity index is 1.60. The van der Waals surface area contributed by atoms with Gasteiger partial charge in [-0.15, -0.1) is 0 Å². The summed E-state index contributed by atoms with van der Waals surface area (Å²) in [4.78, 5) is 8.85. The number of aromatic nitrogens is 2. The van der Waals surface area contributed by atoms with E-state index < -0.39 is 10.0 Å². The Bertz CT molecular complexity index is 906. The molecule has 1 N–H and O–H groups in total. The van der Waals surface area contributed by atoms with Gasteiger partial charge in [0.05, 0.1) is 4.90 Å². The third-order valence-electron chi connectivity index (χ3n) is 4.67. The van der Waals surface area contributed by atoms with Crippen molar-refractivity contribution >= 4 is 21.6 Å². The zero-order valence-corrected chi connectivity index (χ0v) is 17.3. The lowest BCUT2D eigenvalue weighted by atomic mass is 9.94. The molecule has 1 aliphatic carbocycles. The van der Waals surface area contributed by atoms with Gasteiger partial charge in [0, 0.05) is 22.5 Å². The Kier molecular flexibility index (Phi) is 6.03. The second-order valence-corrected chi connectivity index (χ2v) is 9.17. The number of hydrogen-bond acceptors (Lipinski definition) is 5. The first-order valence-electron chi connectivity index (χ1n) is 9.00. The molecule has 0 aliphatic heterocycles. The highest BCUT2D eigenvalue weighted by Gasteiger charge is 2.28. The van der Waals surface area contributed by atoms with Crippen molar-refractivity contribution < 1.29 is 13.2 Å². The molecule has 0 unspecified atom stereocenters. The van der Waals surface area contributed by atoms with Crippen molar-refractivity contribution in [2.75, 3.05) is 0 Å². The molecule has 1 aromatic heterocycles. The minimum absolute atomic E-state index is 0.000130. The number of benzene rings is 1. The van der Waals surface area contributed by atoms with E-state index in [1.807, 2.05) is 19.9 Å². The van der Waals surface area contributed by atoms with E-state index in [0.717, 1.165) is 24.2 Å². The molecule has 6 nitrogen and oxygen atoms in total. The van der Waals surface area contributed by atoms with Crippen LogP contribution in [0.1, 0.15) is 42.6 Å². The lowest BCUT2D eigenvalue weighted by Crippen LogP contribution is -2.40. The molecule has 1 aromatic carbocycles. The maximum atomic E-state index is 12.7. The number of ether oxygens (including phenoxy) is 1. The zero-order valence-electron chi connectivity index (χ0n) is 15.7. The van der Waals surface area contributed by atoms with E-state index in [9.17, 15) is 8.42 Å². The quantitative estimate of drug-likeness (QED) is 0.813. The molecule has 3 rings (SSSR count). The van der Waals surface area contributed by atoms with E-state index in [-0.39, 0.29) is 17.0 Å². The predicted octanol–water partition coefficient (Wildman–Crippen LogP) is 3.72. The molecule has 146 valence electrons. The Labute approximate surface area is 165 Å². The van der Waals surface area contributed by atoms with Crippen LogP contribution in [0.25, 0.3) is 0 Å². The van der Waals surface area contributed by atoms with E-state index in [0.29, 0.717) is 29.4 Å². The fourth-order valence-corrected chi connectivity index (χ4v) is 5.15. The molecule has 1 saturated carbocycles. The van der Waals surface area contributed by atoms with Crippen molar-refractivity contribution in [3.05, 3.63) is 46.2 Å². The Morgan fingerprint density at radius 3 is 2.30 bits per heavy atom. The van der Waals surface area contributed by atoms with Crippen LogP contribution in [-0.4, -0.2) is 30.5 Å². The predicted molar refractivity (Wildman–Crippen MR) is 105 cm³/mol. The number of sulfonamides is 1. The standard InChI is InChI=1S/C19H24ClN3O3S/c1-12-4-5-15(20)11-18(12)27(24,25)23-16-6-8-17(9-7-16)26-19-21-13(2)10-14(3)22-19/h4-5,10-11,16-17,23H,6-9H2,1-3H3. The topological polar surface area (TPSA) is 81.2 Å². The van der Waals surface area contributed by atoms with E-state index in [4.69, 9.17) is 16.3 Å². The molecule has 2 aromatic rings. The van der Waals surface area contributed by atoms with Crippen molar-refractivity contribution in [2.45, 2.75) is 63.5 Å². The van der Waals surface area contributed by atoms with Crippen molar-refractivity contribution in [2.24, 2.45) is 0 Å². The summed E-state index contributed by atoms with van der Waals surface area (Å²) in [7, 11) is -3.60.